The fraction of sp³-hybridized carbons (Fsp3) is 0.545. The maximum Gasteiger partial charge on any atom is 0.134 e. The molecule has 4 nitrogen and oxygen atoms in total. The molecule has 2 fully saturated rings. The van der Waals surface area contributed by atoms with Crippen LogP contribution in [0.4, 0.5) is 0 Å². The molecule has 0 amide bonds. The van der Waals surface area contributed by atoms with E-state index in [9.17, 15) is 5.11 Å². The van der Waals surface area contributed by atoms with Crippen molar-refractivity contribution < 1.29 is 9.52 Å². The number of furan rings is 1. The maximum atomic E-state index is 11.0. The third-order valence-electron chi connectivity index (χ3n) is 5.76. The minimum Gasteiger partial charge on any atom is -0.460 e. The van der Waals surface area contributed by atoms with E-state index in [-0.39, 0.29) is 0 Å². The molecule has 0 saturated carbocycles. The van der Waals surface area contributed by atoms with Crippen LogP contribution in [0.1, 0.15) is 37.0 Å². The van der Waals surface area contributed by atoms with Gasteiger partial charge >= 0.3 is 0 Å². The molecule has 0 bridgehead atoms. The molecule has 1 aromatic heterocycles. The minimum absolute atomic E-state index is 0.566. The van der Waals surface area contributed by atoms with Crippen LogP contribution in [0.25, 0.3) is 11.3 Å². The number of benzene rings is 1. The second kappa shape index (κ2) is 7.55. The fourth-order valence-corrected chi connectivity index (χ4v) is 4.29. The number of likely N-dealkylation sites (tertiary alicyclic amines) is 2. The molecule has 3 heterocycles. The van der Waals surface area contributed by atoms with Crippen molar-refractivity contribution >= 4 is 0 Å². The zero-order valence-corrected chi connectivity index (χ0v) is 15.8. The van der Waals surface area contributed by atoms with Crippen molar-refractivity contribution in [2.24, 2.45) is 0 Å². The SMILES string of the molecule is Cc1ccc(-c2ccc(CN3CC[C@@](O)(CN4CCCCC4)C3)o2)cc1. The average Bonchev–Trinajstić information content (AvgIpc) is 3.24. The van der Waals surface area contributed by atoms with Gasteiger partial charge in [-0.15, -0.1) is 0 Å². The molecule has 2 aliphatic heterocycles. The molecule has 2 aliphatic rings. The highest BCUT2D eigenvalue weighted by Crippen LogP contribution is 2.27. The number of nitrogens with zero attached hydrogens (tertiary/aromatic N) is 2. The Morgan fingerprint density at radius 3 is 2.50 bits per heavy atom. The van der Waals surface area contributed by atoms with Crippen molar-refractivity contribution in [2.45, 2.75) is 44.8 Å². The molecular weight excluding hydrogens is 324 g/mol. The van der Waals surface area contributed by atoms with Crippen LogP contribution in [0.2, 0.25) is 0 Å². The molecule has 4 rings (SSSR count). The van der Waals surface area contributed by atoms with E-state index >= 15 is 0 Å². The Hall–Kier alpha value is -1.62. The van der Waals surface area contributed by atoms with Crippen molar-refractivity contribution in [3.63, 3.8) is 0 Å². The highest BCUT2D eigenvalue weighted by Gasteiger charge is 2.37. The summed E-state index contributed by atoms with van der Waals surface area (Å²) in [6.45, 7) is 7.63. The van der Waals surface area contributed by atoms with Crippen LogP contribution in [-0.4, -0.2) is 53.2 Å². The van der Waals surface area contributed by atoms with E-state index in [1.54, 1.807) is 0 Å². The molecule has 0 radical (unpaired) electrons. The highest BCUT2D eigenvalue weighted by molar-refractivity contribution is 5.57. The first-order chi connectivity index (χ1) is 12.6. The molecule has 1 aromatic carbocycles. The molecule has 0 aliphatic carbocycles. The Morgan fingerprint density at radius 1 is 0.962 bits per heavy atom. The van der Waals surface area contributed by atoms with E-state index in [0.717, 1.165) is 62.8 Å². The summed E-state index contributed by atoms with van der Waals surface area (Å²) in [6.07, 6.45) is 4.74. The predicted molar refractivity (Wildman–Crippen MR) is 104 cm³/mol. The quantitative estimate of drug-likeness (QED) is 0.889. The zero-order chi connectivity index (χ0) is 18.0. The van der Waals surface area contributed by atoms with Crippen molar-refractivity contribution in [3.8, 4) is 11.3 Å². The van der Waals surface area contributed by atoms with Crippen LogP contribution in [0.15, 0.2) is 40.8 Å². The molecule has 1 N–H and O–H groups in total. The van der Waals surface area contributed by atoms with Crippen LogP contribution in [0.5, 0.6) is 0 Å². The van der Waals surface area contributed by atoms with E-state index in [0.29, 0.717) is 0 Å². The Kier molecular flexibility index (Phi) is 5.16. The maximum absolute atomic E-state index is 11.0. The summed E-state index contributed by atoms with van der Waals surface area (Å²) < 4.78 is 6.06. The van der Waals surface area contributed by atoms with Crippen LogP contribution in [-0.2, 0) is 6.54 Å². The minimum atomic E-state index is -0.566. The first-order valence-electron chi connectivity index (χ1n) is 9.93. The topological polar surface area (TPSA) is 39.9 Å². The van der Waals surface area contributed by atoms with Crippen LogP contribution in [0.3, 0.4) is 0 Å². The van der Waals surface area contributed by atoms with E-state index in [1.807, 2.05) is 0 Å². The lowest BCUT2D eigenvalue weighted by Gasteiger charge is -2.33. The Bertz CT molecular complexity index is 718. The van der Waals surface area contributed by atoms with Gasteiger partial charge in [0.05, 0.1) is 12.1 Å². The standard InChI is InChI=1S/C22H30N2O2/c1-18-5-7-19(8-6-18)21-10-9-20(26-21)15-24-14-11-22(25,17-24)16-23-12-3-2-4-13-23/h5-10,25H,2-4,11-17H2,1H3/t22-/m1/s1. The summed E-state index contributed by atoms with van der Waals surface area (Å²) >= 11 is 0. The third kappa shape index (κ3) is 4.20. The van der Waals surface area contributed by atoms with Gasteiger partial charge in [-0.25, -0.2) is 0 Å². The summed E-state index contributed by atoms with van der Waals surface area (Å²) in [4.78, 5) is 4.76. The number of piperidine rings is 1. The number of β-amino-alcohol motifs (C(OH)–C–C–N with tert-alkyl or cyclic N) is 1. The zero-order valence-electron chi connectivity index (χ0n) is 15.8. The second-order valence-corrected chi connectivity index (χ2v) is 8.15. The highest BCUT2D eigenvalue weighted by atomic mass is 16.3. The summed E-state index contributed by atoms with van der Waals surface area (Å²) in [5.41, 5.74) is 1.81. The first-order valence-corrected chi connectivity index (χ1v) is 9.93. The fourth-order valence-electron chi connectivity index (χ4n) is 4.29. The molecule has 2 aromatic rings. The number of aryl methyl sites for hydroxylation is 1. The third-order valence-corrected chi connectivity index (χ3v) is 5.76. The van der Waals surface area contributed by atoms with Gasteiger partial charge < -0.3 is 14.4 Å². The van der Waals surface area contributed by atoms with E-state index in [2.05, 4.69) is 53.1 Å². The lowest BCUT2D eigenvalue weighted by molar-refractivity contribution is 0.00597. The smallest absolute Gasteiger partial charge is 0.134 e. The van der Waals surface area contributed by atoms with Gasteiger partial charge in [-0.1, -0.05) is 36.2 Å². The number of aliphatic hydroxyl groups is 1. The first kappa shape index (κ1) is 17.8. The number of hydrogen-bond acceptors (Lipinski definition) is 4. The van der Waals surface area contributed by atoms with Crippen LogP contribution >= 0.6 is 0 Å². The molecule has 4 heteroatoms. The Balaban J connectivity index is 1.34. The van der Waals surface area contributed by atoms with Gasteiger partial charge in [0, 0.05) is 25.2 Å². The second-order valence-electron chi connectivity index (χ2n) is 8.15. The molecule has 140 valence electrons. The van der Waals surface area contributed by atoms with Crippen molar-refractivity contribution in [1.82, 2.24) is 9.80 Å². The van der Waals surface area contributed by atoms with E-state index in [4.69, 9.17) is 4.42 Å². The van der Waals surface area contributed by atoms with Gasteiger partial charge in [0.25, 0.3) is 0 Å². The van der Waals surface area contributed by atoms with Crippen molar-refractivity contribution in [2.75, 3.05) is 32.7 Å². The summed E-state index contributed by atoms with van der Waals surface area (Å²) in [5, 5.41) is 11.0. The van der Waals surface area contributed by atoms with Gasteiger partial charge in [0.2, 0.25) is 0 Å². The van der Waals surface area contributed by atoms with E-state index < -0.39 is 5.60 Å². The largest absolute Gasteiger partial charge is 0.460 e. The summed E-state index contributed by atoms with van der Waals surface area (Å²) in [6, 6.07) is 12.5. The number of rotatable bonds is 5. The summed E-state index contributed by atoms with van der Waals surface area (Å²) in [5.74, 6) is 1.89. The normalized spacial score (nSPS) is 25.0. The van der Waals surface area contributed by atoms with Crippen LogP contribution in [0, 0.1) is 6.92 Å². The van der Waals surface area contributed by atoms with Gasteiger partial charge in [-0.2, -0.15) is 0 Å². The van der Waals surface area contributed by atoms with E-state index in [1.165, 1.54) is 24.8 Å². The monoisotopic (exact) mass is 354 g/mol. The van der Waals surface area contributed by atoms with Crippen molar-refractivity contribution in [3.05, 3.63) is 47.7 Å². The van der Waals surface area contributed by atoms with Gasteiger partial charge in [0.15, 0.2) is 0 Å². The summed E-state index contributed by atoms with van der Waals surface area (Å²) in [7, 11) is 0. The van der Waals surface area contributed by atoms with Crippen LogP contribution < -0.4 is 0 Å². The molecular formula is C22H30N2O2. The van der Waals surface area contributed by atoms with Crippen molar-refractivity contribution in [1.29, 1.82) is 0 Å². The Labute approximate surface area is 156 Å². The molecule has 26 heavy (non-hydrogen) atoms. The van der Waals surface area contributed by atoms with Gasteiger partial charge in [0.1, 0.15) is 11.5 Å². The molecule has 0 unspecified atom stereocenters. The van der Waals surface area contributed by atoms with Gasteiger partial charge in [-0.3, -0.25) is 4.90 Å². The lowest BCUT2D eigenvalue weighted by atomic mass is 10.0. The predicted octanol–water partition coefficient (Wildman–Crippen LogP) is 3.68. The molecule has 1 atom stereocenters. The molecule has 0 spiro atoms. The Morgan fingerprint density at radius 2 is 1.73 bits per heavy atom. The average molecular weight is 354 g/mol. The molecule has 2 saturated heterocycles. The van der Waals surface area contributed by atoms with Gasteiger partial charge in [-0.05, 0) is 51.4 Å². The lowest BCUT2D eigenvalue weighted by Crippen LogP contribution is -2.46. The number of hydrogen-bond donors (Lipinski definition) is 1.